The molecule has 0 aliphatic carbocycles. The molecule has 0 radical (unpaired) electrons. The van der Waals surface area contributed by atoms with E-state index in [1.807, 2.05) is 105 Å². The van der Waals surface area contributed by atoms with Gasteiger partial charge in [0.05, 0.1) is 0 Å². The Hall–Kier alpha value is -5.83. The molecule has 0 saturated heterocycles. The van der Waals surface area contributed by atoms with E-state index in [0.717, 1.165) is 27.1 Å². The standard InChI is InChI=1S/C42H34ClN3O4S/c1-27-13-16-29(17-14-27)38-24-21-34(50-38)26-37(46-40(47)31-11-7-4-8-12-31)41(48)44-32-19-22-35(23-20-32)51-39(30-9-5-3-6-10-30)42(49)45-33-18-15-28(2)36(43)25-33/h3-26,39H,1-2H3,(H,44,48)(H,45,49)(H,46,47). The molecular weight excluding hydrogens is 678 g/mol. The van der Waals surface area contributed by atoms with Gasteiger partial charge in [0.2, 0.25) is 5.91 Å². The van der Waals surface area contributed by atoms with Gasteiger partial charge in [-0.05, 0) is 85.6 Å². The van der Waals surface area contributed by atoms with Gasteiger partial charge in [-0.25, -0.2) is 0 Å². The van der Waals surface area contributed by atoms with Crippen LogP contribution in [0.5, 0.6) is 0 Å². The van der Waals surface area contributed by atoms with Gasteiger partial charge in [0.1, 0.15) is 22.5 Å². The molecule has 1 unspecified atom stereocenters. The largest absolute Gasteiger partial charge is 0.457 e. The first kappa shape index (κ1) is 35.0. The molecule has 3 amide bonds. The van der Waals surface area contributed by atoms with Crippen molar-refractivity contribution in [3.05, 3.63) is 178 Å². The minimum atomic E-state index is -0.562. The fourth-order valence-corrected chi connectivity index (χ4v) is 6.32. The normalized spacial score (nSPS) is 11.8. The molecule has 254 valence electrons. The summed E-state index contributed by atoms with van der Waals surface area (Å²) in [6.45, 7) is 3.92. The monoisotopic (exact) mass is 711 g/mol. The van der Waals surface area contributed by atoms with Gasteiger partial charge in [0, 0.05) is 38.5 Å². The number of anilines is 2. The highest BCUT2D eigenvalue weighted by Crippen LogP contribution is 2.37. The number of nitrogens with one attached hydrogen (secondary N) is 3. The summed E-state index contributed by atoms with van der Waals surface area (Å²) in [6.07, 6.45) is 1.50. The molecule has 51 heavy (non-hydrogen) atoms. The van der Waals surface area contributed by atoms with E-state index in [1.54, 1.807) is 48.5 Å². The molecule has 0 aliphatic rings. The van der Waals surface area contributed by atoms with Gasteiger partial charge < -0.3 is 20.4 Å². The van der Waals surface area contributed by atoms with Crippen molar-refractivity contribution in [1.82, 2.24) is 5.32 Å². The summed E-state index contributed by atoms with van der Waals surface area (Å²) in [5.74, 6) is -0.142. The SMILES string of the molecule is Cc1ccc(-c2ccc(C=C(NC(=O)c3ccccc3)C(=O)Nc3ccc(SC(C(=O)Nc4ccc(C)c(Cl)c4)c4ccccc4)cc3)o2)cc1. The van der Waals surface area contributed by atoms with Gasteiger partial charge in [-0.1, -0.05) is 96.0 Å². The second-order valence-corrected chi connectivity index (χ2v) is 13.4. The molecular formula is C42H34ClN3O4S. The number of amides is 3. The quantitative estimate of drug-likeness (QED) is 0.0918. The Morgan fingerprint density at radius 2 is 1.39 bits per heavy atom. The number of carbonyl (C=O) groups is 3. The molecule has 1 heterocycles. The average molecular weight is 712 g/mol. The van der Waals surface area contributed by atoms with Gasteiger partial charge in [0.25, 0.3) is 11.8 Å². The Bertz CT molecular complexity index is 2180. The maximum atomic E-state index is 13.7. The Morgan fingerprint density at radius 3 is 2.08 bits per heavy atom. The van der Waals surface area contributed by atoms with Crippen LogP contribution in [0, 0.1) is 13.8 Å². The van der Waals surface area contributed by atoms with Crippen LogP contribution < -0.4 is 16.0 Å². The number of hydrogen-bond acceptors (Lipinski definition) is 5. The summed E-state index contributed by atoms with van der Waals surface area (Å²) in [4.78, 5) is 41.1. The Balaban J connectivity index is 1.20. The molecule has 9 heteroatoms. The van der Waals surface area contributed by atoms with Crippen LogP contribution in [0.15, 0.2) is 155 Å². The smallest absolute Gasteiger partial charge is 0.272 e. The first-order valence-electron chi connectivity index (χ1n) is 16.2. The third kappa shape index (κ3) is 9.25. The van der Waals surface area contributed by atoms with Crippen molar-refractivity contribution in [3.8, 4) is 11.3 Å². The second-order valence-electron chi connectivity index (χ2n) is 11.8. The van der Waals surface area contributed by atoms with Gasteiger partial charge in [-0.3, -0.25) is 14.4 Å². The van der Waals surface area contributed by atoms with E-state index < -0.39 is 17.1 Å². The van der Waals surface area contributed by atoms with Gasteiger partial charge in [-0.2, -0.15) is 0 Å². The third-order valence-electron chi connectivity index (χ3n) is 7.92. The van der Waals surface area contributed by atoms with Crippen LogP contribution in [0.2, 0.25) is 5.02 Å². The zero-order valence-electron chi connectivity index (χ0n) is 27.9. The minimum Gasteiger partial charge on any atom is -0.457 e. The topological polar surface area (TPSA) is 100 Å². The summed E-state index contributed by atoms with van der Waals surface area (Å²) in [6, 6.07) is 42.2. The zero-order chi connectivity index (χ0) is 35.7. The van der Waals surface area contributed by atoms with Crippen LogP contribution in [0.1, 0.15) is 38.1 Å². The number of rotatable bonds is 11. The molecule has 0 aliphatic heterocycles. The van der Waals surface area contributed by atoms with E-state index >= 15 is 0 Å². The number of carbonyl (C=O) groups excluding carboxylic acids is 3. The fraction of sp³-hybridized carbons (Fsp3) is 0.0714. The van der Waals surface area contributed by atoms with E-state index in [4.69, 9.17) is 16.0 Å². The maximum Gasteiger partial charge on any atom is 0.272 e. The van der Waals surface area contributed by atoms with Crippen LogP contribution in [0.4, 0.5) is 11.4 Å². The Morgan fingerprint density at radius 1 is 0.725 bits per heavy atom. The molecule has 3 N–H and O–H groups in total. The predicted octanol–water partition coefficient (Wildman–Crippen LogP) is 10.1. The second kappa shape index (κ2) is 16.3. The van der Waals surface area contributed by atoms with Gasteiger partial charge in [-0.15, -0.1) is 11.8 Å². The summed E-state index contributed by atoms with van der Waals surface area (Å²) in [5, 5.41) is 8.62. The molecule has 7 nitrogen and oxygen atoms in total. The molecule has 1 atom stereocenters. The third-order valence-corrected chi connectivity index (χ3v) is 9.60. The lowest BCUT2D eigenvalue weighted by Gasteiger charge is -2.18. The molecule has 0 saturated carbocycles. The van der Waals surface area contributed by atoms with E-state index in [2.05, 4.69) is 16.0 Å². The van der Waals surface area contributed by atoms with Gasteiger partial charge >= 0.3 is 0 Å². The van der Waals surface area contributed by atoms with E-state index in [9.17, 15) is 14.4 Å². The van der Waals surface area contributed by atoms with E-state index in [1.165, 1.54) is 17.8 Å². The van der Waals surface area contributed by atoms with Crippen molar-refractivity contribution < 1.29 is 18.8 Å². The lowest BCUT2D eigenvalue weighted by atomic mass is 10.1. The van der Waals surface area contributed by atoms with Crippen LogP contribution in [-0.4, -0.2) is 17.7 Å². The van der Waals surface area contributed by atoms with Crippen LogP contribution >= 0.6 is 23.4 Å². The van der Waals surface area contributed by atoms with Crippen molar-refractivity contribution in [2.75, 3.05) is 10.6 Å². The van der Waals surface area contributed by atoms with Crippen LogP contribution in [0.3, 0.4) is 0 Å². The van der Waals surface area contributed by atoms with Gasteiger partial charge in [0.15, 0.2) is 0 Å². The summed E-state index contributed by atoms with van der Waals surface area (Å²) < 4.78 is 6.03. The van der Waals surface area contributed by atoms with Crippen LogP contribution in [0.25, 0.3) is 17.4 Å². The maximum absolute atomic E-state index is 13.7. The van der Waals surface area contributed by atoms with Crippen LogP contribution in [-0.2, 0) is 9.59 Å². The lowest BCUT2D eigenvalue weighted by Crippen LogP contribution is -2.30. The van der Waals surface area contributed by atoms with E-state index in [0.29, 0.717) is 33.5 Å². The molecule has 5 aromatic carbocycles. The van der Waals surface area contributed by atoms with Crippen molar-refractivity contribution in [1.29, 1.82) is 0 Å². The highest BCUT2D eigenvalue weighted by molar-refractivity contribution is 8.00. The van der Waals surface area contributed by atoms with Crippen molar-refractivity contribution in [3.63, 3.8) is 0 Å². The molecule has 6 aromatic rings. The Labute approximate surface area is 305 Å². The molecule has 6 rings (SSSR count). The number of furan rings is 1. The number of aryl methyl sites for hydroxylation is 2. The average Bonchev–Trinajstić information content (AvgIpc) is 3.62. The zero-order valence-corrected chi connectivity index (χ0v) is 29.4. The van der Waals surface area contributed by atoms with Crippen molar-refractivity contribution in [2.45, 2.75) is 24.0 Å². The van der Waals surface area contributed by atoms with Crippen molar-refractivity contribution in [2.24, 2.45) is 0 Å². The number of halogens is 1. The Kier molecular flexibility index (Phi) is 11.2. The molecule has 1 aromatic heterocycles. The fourth-order valence-electron chi connectivity index (χ4n) is 5.12. The lowest BCUT2D eigenvalue weighted by molar-refractivity contribution is -0.116. The summed E-state index contributed by atoms with van der Waals surface area (Å²) in [7, 11) is 0. The molecule has 0 spiro atoms. The number of thioether (sulfide) groups is 1. The highest BCUT2D eigenvalue weighted by atomic mass is 35.5. The van der Waals surface area contributed by atoms with E-state index in [-0.39, 0.29) is 11.6 Å². The van der Waals surface area contributed by atoms with Crippen molar-refractivity contribution >= 4 is 58.5 Å². The molecule has 0 fully saturated rings. The first-order chi connectivity index (χ1) is 24.7. The highest BCUT2D eigenvalue weighted by Gasteiger charge is 2.23. The summed E-state index contributed by atoms with van der Waals surface area (Å²) >= 11 is 7.68. The minimum absolute atomic E-state index is 0.00383. The number of hydrogen-bond donors (Lipinski definition) is 3. The first-order valence-corrected chi connectivity index (χ1v) is 17.4. The number of benzene rings is 5. The summed E-state index contributed by atoms with van der Waals surface area (Å²) in [5.41, 5.74) is 5.30. The predicted molar refractivity (Wildman–Crippen MR) is 206 cm³/mol. The molecule has 0 bridgehead atoms.